The van der Waals surface area contributed by atoms with Gasteiger partial charge in [-0.1, -0.05) is 12.8 Å². The number of rotatable bonds is 4. The van der Waals surface area contributed by atoms with Crippen LogP contribution in [-0.2, 0) is 0 Å². The first-order chi connectivity index (χ1) is 7.83. The van der Waals surface area contributed by atoms with E-state index in [2.05, 4.69) is 4.90 Å². The monoisotopic (exact) mass is 227 g/mol. The van der Waals surface area contributed by atoms with Crippen molar-refractivity contribution in [3.05, 3.63) is 0 Å². The van der Waals surface area contributed by atoms with Crippen molar-refractivity contribution >= 4 is 0 Å². The maximum Gasteiger partial charge on any atom is 0.0695 e. The molecule has 3 heteroatoms. The van der Waals surface area contributed by atoms with Gasteiger partial charge in [-0.3, -0.25) is 4.90 Å². The zero-order valence-corrected chi connectivity index (χ0v) is 10.1. The summed E-state index contributed by atoms with van der Waals surface area (Å²) < 4.78 is 0. The van der Waals surface area contributed by atoms with Crippen molar-refractivity contribution in [3.63, 3.8) is 0 Å². The first-order valence-electron chi connectivity index (χ1n) is 6.87. The number of aliphatic hydroxyl groups excluding tert-OH is 2. The van der Waals surface area contributed by atoms with Crippen molar-refractivity contribution in [2.75, 3.05) is 13.2 Å². The van der Waals surface area contributed by atoms with Gasteiger partial charge in [-0.05, 0) is 45.1 Å². The van der Waals surface area contributed by atoms with Crippen molar-refractivity contribution in [2.24, 2.45) is 0 Å². The van der Waals surface area contributed by atoms with E-state index in [1.54, 1.807) is 0 Å². The molecule has 0 aromatic heterocycles. The Labute approximate surface area is 98.5 Å². The Balaban J connectivity index is 1.90. The third-order valence-corrected chi connectivity index (χ3v) is 4.24. The summed E-state index contributed by atoms with van der Waals surface area (Å²) >= 11 is 0. The first kappa shape index (κ1) is 12.3. The van der Waals surface area contributed by atoms with E-state index in [4.69, 9.17) is 5.11 Å². The summed E-state index contributed by atoms with van der Waals surface area (Å²) in [5.41, 5.74) is 0. The summed E-state index contributed by atoms with van der Waals surface area (Å²) in [4.78, 5) is 2.53. The van der Waals surface area contributed by atoms with E-state index in [1.165, 1.54) is 25.7 Å². The molecule has 0 amide bonds. The van der Waals surface area contributed by atoms with Gasteiger partial charge in [0, 0.05) is 18.7 Å². The number of nitrogens with zero attached hydrogens (tertiary/aromatic N) is 1. The molecule has 1 unspecified atom stereocenters. The highest BCUT2D eigenvalue weighted by Gasteiger charge is 2.35. The lowest BCUT2D eigenvalue weighted by molar-refractivity contribution is 0.0111. The summed E-state index contributed by atoms with van der Waals surface area (Å²) in [6, 6.07) is 1.02. The van der Waals surface area contributed by atoms with Crippen LogP contribution in [0, 0.1) is 0 Å². The molecule has 16 heavy (non-hydrogen) atoms. The topological polar surface area (TPSA) is 43.7 Å². The molecule has 0 aromatic rings. The van der Waals surface area contributed by atoms with E-state index >= 15 is 0 Å². The second-order valence-electron chi connectivity index (χ2n) is 5.32. The van der Waals surface area contributed by atoms with Crippen LogP contribution in [0.15, 0.2) is 0 Å². The molecule has 1 saturated heterocycles. The number of hydrogen-bond acceptors (Lipinski definition) is 3. The normalized spacial score (nSPS) is 36.8. The molecule has 0 spiro atoms. The van der Waals surface area contributed by atoms with Crippen LogP contribution >= 0.6 is 0 Å². The molecule has 1 heterocycles. The third kappa shape index (κ3) is 2.76. The smallest absolute Gasteiger partial charge is 0.0695 e. The molecule has 2 rings (SSSR count). The molecule has 3 atom stereocenters. The second-order valence-corrected chi connectivity index (χ2v) is 5.32. The molecule has 94 valence electrons. The van der Waals surface area contributed by atoms with Crippen LogP contribution in [-0.4, -0.2) is 46.5 Å². The van der Waals surface area contributed by atoms with Crippen molar-refractivity contribution in [2.45, 2.75) is 69.6 Å². The Kier molecular flexibility index (Phi) is 4.62. The lowest BCUT2D eigenvalue weighted by Gasteiger charge is -2.38. The molecular formula is C13H25NO2. The predicted octanol–water partition coefficient (Wildman–Crippen LogP) is 1.53. The largest absolute Gasteiger partial charge is 0.396 e. The van der Waals surface area contributed by atoms with Crippen LogP contribution < -0.4 is 0 Å². The zero-order chi connectivity index (χ0) is 11.4. The maximum atomic E-state index is 10.1. The van der Waals surface area contributed by atoms with E-state index in [1.807, 2.05) is 0 Å². The first-order valence-corrected chi connectivity index (χ1v) is 6.87. The zero-order valence-electron chi connectivity index (χ0n) is 10.1. The minimum Gasteiger partial charge on any atom is -0.396 e. The number of hydrogen-bond donors (Lipinski definition) is 2. The van der Waals surface area contributed by atoms with Crippen LogP contribution in [0.5, 0.6) is 0 Å². The molecule has 2 aliphatic rings. The summed E-state index contributed by atoms with van der Waals surface area (Å²) in [6.07, 6.45) is 9.01. The second kappa shape index (κ2) is 5.99. The minimum absolute atomic E-state index is 0.108. The quantitative estimate of drug-likeness (QED) is 0.765. The molecule has 1 aliphatic heterocycles. The highest BCUT2D eigenvalue weighted by atomic mass is 16.3. The SMILES string of the molecule is OCCCC1CCCN1[C@H]1CCCC[C@@H]1O. The van der Waals surface area contributed by atoms with E-state index in [9.17, 15) is 5.11 Å². The third-order valence-electron chi connectivity index (χ3n) is 4.24. The van der Waals surface area contributed by atoms with E-state index < -0.39 is 0 Å². The highest BCUT2D eigenvalue weighted by Crippen LogP contribution is 2.31. The summed E-state index contributed by atoms with van der Waals surface area (Å²) in [5, 5.41) is 19.0. The lowest BCUT2D eigenvalue weighted by Crippen LogP contribution is -2.47. The Morgan fingerprint density at radius 1 is 1.06 bits per heavy atom. The Morgan fingerprint density at radius 3 is 2.62 bits per heavy atom. The van der Waals surface area contributed by atoms with Gasteiger partial charge in [0.2, 0.25) is 0 Å². The van der Waals surface area contributed by atoms with Crippen molar-refractivity contribution in [1.29, 1.82) is 0 Å². The van der Waals surface area contributed by atoms with Crippen LogP contribution in [0.3, 0.4) is 0 Å². The molecule has 2 N–H and O–H groups in total. The van der Waals surface area contributed by atoms with Crippen molar-refractivity contribution in [3.8, 4) is 0 Å². The molecule has 1 aliphatic carbocycles. The van der Waals surface area contributed by atoms with Crippen molar-refractivity contribution < 1.29 is 10.2 Å². The van der Waals surface area contributed by atoms with E-state index in [0.717, 1.165) is 32.2 Å². The molecular weight excluding hydrogens is 202 g/mol. The molecule has 2 fully saturated rings. The van der Waals surface area contributed by atoms with Gasteiger partial charge in [-0.15, -0.1) is 0 Å². The predicted molar refractivity (Wildman–Crippen MR) is 64.3 cm³/mol. The van der Waals surface area contributed by atoms with Gasteiger partial charge in [0.25, 0.3) is 0 Å². The molecule has 0 radical (unpaired) electrons. The fourth-order valence-corrected chi connectivity index (χ4v) is 3.41. The summed E-state index contributed by atoms with van der Waals surface area (Å²) in [5.74, 6) is 0. The van der Waals surface area contributed by atoms with Gasteiger partial charge < -0.3 is 10.2 Å². The van der Waals surface area contributed by atoms with Gasteiger partial charge in [0.15, 0.2) is 0 Å². The van der Waals surface area contributed by atoms with Crippen LogP contribution in [0.1, 0.15) is 51.4 Å². The summed E-state index contributed by atoms with van der Waals surface area (Å²) in [7, 11) is 0. The Morgan fingerprint density at radius 2 is 1.88 bits per heavy atom. The standard InChI is InChI=1S/C13H25NO2/c15-10-4-6-11-5-3-9-14(11)12-7-1-2-8-13(12)16/h11-13,15-16H,1-10H2/t11?,12-,13-/m0/s1. The molecule has 3 nitrogen and oxygen atoms in total. The maximum absolute atomic E-state index is 10.1. The number of aliphatic hydroxyl groups is 2. The van der Waals surface area contributed by atoms with E-state index in [0.29, 0.717) is 18.7 Å². The fraction of sp³-hybridized carbons (Fsp3) is 1.00. The average Bonchev–Trinajstić information content (AvgIpc) is 2.75. The number of likely N-dealkylation sites (tertiary alicyclic amines) is 1. The van der Waals surface area contributed by atoms with Crippen LogP contribution in [0.4, 0.5) is 0 Å². The fourth-order valence-electron chi connectivity index (χ4n) is 3.41. The van der Waals surface area contributed by atoms with Gasteiger partial charge in [0.1, 0.15) is 0 Å². The van der Waals surface area contributed by atoms with Gasteiger partial charge in [-0.25, -0.2) is 0 Å². The Hall–Kier alpha value is -0.120. The molecule has 0 bridgehead atoms. The molecule has 1 saturated carbocycles. The van der Waals surface area contributed by atoms with E-state index in [-0.39, 0.29) is 6.10 Å². The Bertz CT molecular complexity index is 210. The van der Waals surface area contributed by atoms with Gasteiger partial charge >= 0.3 is 0 Å². The average molecular weight is 227 g/mol. The lowest BCUT2D eigenvalue weighted by atomic mass is 9.90. The molecule has 0 aromatic carbocycles. The highest BCUT2D eigenvalue weighted by molar-refractivity contribution is 4.90. The van der Waals surface area contributed by atoms with Crippen LogP contribution in [0.25, 0.3) is 0 Å². The van der Waals surface area contributed by atoms with Gasteiger partial charge in [-0.2, -0.15) is 0 Å². The minimum atomic E-state index is -0.108. The van der Waals surface area contributed by atoms with Gasteiger partial charge in [0.05, 0.1) is 6.10 Å². The van der Waals surface area contributed by atoms with Crippen LogP contribution in [0.2, 0.25) is 0 Å². The summed E-state index contributed by atoms with van der Waals surface area (Å²) in [6.45, 7) is 1.45. The van der Waals surface area contributed by atoms with Crippen molar-refractivity contribution in [1.82, 2.24) is 4.90 Å².